The van der Waals surface area contributed by atoms with E-state index in [0.717, 1.165) is 0 Å². The Hall–Kier alpha value is 0.434. The van der Waals surface area contributed by atoms with Crippen molar-refractivity contribution in [3.63, 3.8) is 0 Å². The van der Waals surface area contributed by atoms with E-state index in [1.54, 1.807) is 20.8 Å². The summed E-state index contributed by atoms with van der Waals surface area (Å²) >= 11 is 0. The number of rotatable bonds is 7. The number of quaternary nitrogens is 1. The summed E-state index contributed by atoms with van der Waals surface area (Å²) in [6.07, 6.45) is -0.688. The molecule has 1 unspecified atom stereocenters. The Labute approximate surface area is 137 Å². The van der Waals surface area contributed by atoms with Gasteiger partial charge in [0.2, 0.25) is 0 Å². The summed E-state index contributed by atoms with van der Waals surface area (Å²) in [5, 5.41) is 51.1. The van der Waals surface area contributed by atoms with Gasteiger partial charge in [-0.25, -0.2) is 0 Å². The van der Waals surface area contributed by atoms with E-state index in [9.17, 15) is 5.11 Å². The van der Waals surface area contributed by atoms with Crippen LogP contribution in [-0.4, -0.2) is 94.0 Å². The molecule has 0 aromatic rings. The molecule has 0 rings (SSSR count). The minimum Gasteiger partial charge on any atom is -0.397 e. The van der Waals surface area contributed by atoms with Crippen LogP contribution in [0.5, 0.6) is 0 Å². The molecule has 0 spiro atoms. The SMILES string of the molecule is CC(O)[N+](CCO)(CCO)CCO.CCO.CCO.[Ti]. The van der Waals surface area contributed by atoms with Gasteiger partial charge in [-0.1, -0.05) is 0 Å². The van der Waals surface area contributed by atoms with Crippen LogP contribution >= 0.6 is 0 Å². The van der Waals surface area contributed by atoms with Gasteiger partial charge in [0, 0.05) is 41.9 Å². The van der Waals surface area contributed by atoms with Crippen LogP contribution in [0.1, 0.15) is 20.8 Å². The van der Waals surface area contributed by atoms with Gasteiger partial charge < -0.3 is 30.6 Å². The summed E-state index contributed by atoms with van der Waals surface area (Å²) in [6.45, 7) is 6.30. The van der Waals surface area contributed by atoms with E-state index in [1.807, 2.05) is 0 Å². The van der Waals surface area contributed by atoms with Gasteiger partial charge in [-0.15, -0.1) is 0 Å². The summed E-state index contributed by atoms with van der Waals surface area (Å²) in [6, 6.07) is 0. The van der Waals surface area contributed by atoms with Gasteiger partial charge in [-0.05, 0) is 13.8 Å². The molecule has 6 N–H and O–H groups in total. The van der Waals surface area contributed by atoms with E-state index in [0.29, 0.717) is 19.6 Å². The van der Waals surface area contributed by atoms with Crippen molar-refractivity contribution in [1.82, 2.24) is 0 Å². The van der Waals surface area contributed by atoms with Crippen molar-refractivity contribution in [2.24, 2.45) is 0 Å². The zero-order chi connectivity index (χ0) is 15.7. The molecule has 7 nitrogen and oxygen atoms in total. The van der Waals surface area contributed by atoms with Gasteiger partial charge >= 0.3 is 0 Å². The van der Waals surface area contributed by atoms with Crippen molar-refractivity contribution >= 4 is 0 Å². The standard InChI is InChI=1S/C8H20NO4.2C2H6O.Ti/c1-8(13)9(2-5-10,3-6-11)4-7-12;2*1-2-3;/h8,10-13H,2-7H2,1H3;2*3H,2H2,1H3;/q+1;;;. The van der Waals surface area contributed by atoms with Crippen LogP contribution in [0, 0.1) is 0 Å². The molecule has 0 fully saturated rings. The van der Waals surface area contributed by atoms with Crippen LogP contribution in [0.4, 0.5) is 0 Å². The largest absolute Gasteiger partial charge is 0.397 e. The molecule has 0 saturated heterocycles. The van der Waals surface area contributed by atoms with Crippen molar-refractivity contribution in [3.8, 4) is 0 Å². The van der Waals surface area contributed by atoms with E-state index in [2.05, 4.69) is 0 Å². The number of hydrogen-bond acceptors (Lipinski definition) is 6. The summed E-state index contributed by atoms with van der Waals surface area (Å²) in [7, 11) is 0. The third kappa shape index (κ3) is 16.5. The predicted octanol–water partition coefficient (Wildman–Crippen LogP) is -1.89. The van der Waals surface area contributed by atoms with Crippen molar-refractivity contribution < 1.29 is 56.8 Å². The number of aliphatic hydroxyl groups is 6. The molecular weight excluding hydrogens is 302 g/mol. The van der Waals surface area contributed by atoms with E-state index in [1.165, 1.54) is 0 Å². The molecule has 20 heavy (non-hydrogen) atoms. The minimum atomic E-state index is -0.688. The third-order valence-electron chi connectivity index (χ3n) is 2.43. The molecule has 0 radical (unpaired) electrons. The third-order valence-corrected chi connectivity index (χ3v) is 2.43. The van der Waals surface area contributed by atoms with Crippen molar-refractivity contribution in [3.05, 3.63) is 0 Å². The Morgan fingerprint density at radius 3 is 1.05 bits per heavy atom. The van der Waals surface area contributed by atoms with Crippen molar-refractivity contribution in [1.29, 1.82) is 0 Å². The predicted molar refractivity (Wildman–Crippen MR) is 73.3 cm³/mol. The molecule has 8 heteroatoms. The average molecular weight is 334 g/mol. The summed E-state index contributed by atoms with van der Waals surface area (Å²) in [5.74, 6) is 0. The molecule has 124 valence electrons. The van der Waals surface area contributed by atoms with Crippen LogP contribution in [0.2, 0.25) is 0 Å². The van der Waals surface area contributed by atoms with Gasteiger partial charge in [0.25, 0.3) is 0 Å². The molecule has 0 aliphatic heterocycles. The topological polar surface area (TPSA) is 121 Å². The number of hydrogen-bond donors (Lipinski definition) is 6. The fourth-order valence-electron chi connectivity index (χ4n) is 1.49. The molecule has 0 aromatic heterocycles. The molecule has 0 amide bonds. The normalized spacial score (nSPS) is 11.2. The first kappa shape index (κ1) is 28.6. The van der Waals surface area contributed by atoms with E-state index >= 15 is 0 Å². The molecule has 0 heterocycles. The first-order chi connectivity index (χ1) is 8.95. The van der Waals surface area contributed by atoms with E-state index in [-0.39, 0.29) is 59.2 Å². The zero-order valence-electron chi connectivity index (χ0n) is 12.9. The Bertz CT molecular complexity index is 144. The number of nitrogens with zero attached hydrogens (tertiary/aromatic N) is 1. The minimum absolute atomic E-state index is 0. The summed E-state index contributed by atoms with van der Waals surface area (Å²) < 4.78 is 0.142. The van der Waals surface area contributed by atoms with Gasteiger partial charge in [-0.3, -0.25) is 4.48 Å². The van der Waals surface area contributed by atoms with E-state index in [4.69, 9.17) is 25.5 Å². The Kier molecular flexibility index (Phi) is 31.0. The van der Waals surface area contributed by atoms with Crippen molar-refractivity contribution in [2.45, 2.75) is 27.0 Å². The molecule has 0 saturated carbocycles. The second-order valence-electron chi connectivity index (χ2n) is 3.82. The first-order valence-electron chi connectivity index (χ1n) is 6.54. The maximum absolute atomic E-state index is 9.49. The Morgan fingerprint density at radius 1 is 0.750 bits per heavy atom. The maximum Gasteiger partial charge on any atom is 0.187 e. The van der Waals surface area contributed by atoms with E-state index < -0.39 is 6.23 Å². The fraction of sp³-hybridized carbons (Fsp3) is 1.00. The fourth-order valence-corrected chi connectivity index (χ4v) is 1.49. The van der Waals surface area contributed by atoms with Gasteiger partial charge in [0.15, 0.2) is 6.23 Å². The summed E-state index contributed by atoms with van der Waals surface area (Å²) in [5.41, 5.74) is 0. The average Bonchev–Trinajstić information content (AvgIpc) is 2.31. The molecule has 0 bridgehead atoms. The van der Waals surface area contributed by atoms with Crippen molar-refractivity contribution in [2.75, 3.05) is 52.7 Å². The molecule has 0 aliphatic carbocycles. The quantitative estimate of drug-likeness (QED) is 0.184. The second kappa shape index (κ2) is 21.7. The van der Waals surface area contributed by atoms with Crippen LogP contribution in [0.3, 0.4) is 0 Å². The van der Waals surface area contributed by atoms with Crippen LogP contribution in [0.25, 0.3) is 0 Å². The zero-order valence-corrected chi connectivity index (χ0v) is 14.4. The molecule has 0 aromatic carbocycles. The molecule has 0 aliphatic rings. The molecular formula is C12H32NO6Ti+. The van der Waals surface area contributed by atoms with Gasteiger partial charge in [0.1, 0.15) is 19.6 Å². The Balaban J connectivity index is -0.000000156. The van der Waals surface area contributed by atoms with Gasteiger partial charge in [0.05, 0.1) is 19.8 Å². The summed E-state index contributed by atoms with van der Waals surface area (Å²) in [4.78, 5) is 0. The van der Waals surface area contributed by atoms with Crippen LogP contribution < -0.4 is 0 Å². The Morgan fingerprint density at radius 2 is 0.950 bits per heavy atom. The second-order valence-corrected chi connectivity index (χ2v) is 3.82. The first-order valence-corrected chi connectivity index (χ1v) is 6.54. The number of aliphatic hydroxyl groups excluding tert-OH is 6. The van der Waals surface area contributed by atoms with Crippen LogP contribution in [-0.2, 0) is 21.7 Å². The van der Waals surface area contributed by atoms with Gasteiger partial charge in [-0.2, -0.15) is 0 Å². The molecule has 1 atom stereocenters. The maximum atomic E-state index is 9.49. The smallest absolute Gasteiger partial charge is 0.187 e. The van der Waals surface area contributed by atoms with Crippen LogP contribution in [0.15, 0.2) is 0 Å². The monoisotopic (exact) mass is 334 g/mol.